The quantitative estimate of drug-likeness (QED) is 0.903. The van der Waals surface area contributed by atoms with Crippen LogP contribution in [-0.4, -0.2) is 42.1 Å². The Morgan fingerprint density at radius 2 is 1.80 bits per heavy atom. The molecule has 0 spiro atoms. The second-order valence-corrected chi connectivity index (χ2v) is 4.92. The van der Waals surface area contributed by atoms with Gasteiger partial charge in [0.25, 0.3) is 0 Å². The number of benzene rings is 1. The van der Waals surface area contributed by atoms with Crippen molar-refractivity contribution in [2.75, 3.05) is 25.0 Å². The number of piperidine rings is 1. The highest BCUT2D eigenvalue weighted by atomic mass is 19.1. The Morgan fingerprint density at radius 3 is 2.30 bits per heavy atom. The van der Waals surface area contributed by atoms with Crippen molar-refractivity contribution >= 4 is 17.7 Å². The number of nitrogens with zero attached hydrogens (tertiary/aromatic N) is 2. The van der Waals surface area contributed by atoms with Gasteiger partial charge in [-0.2, -0.15) is 0 Å². The van der Waals surface area contributed by atoms with Gasteiger partial charge in [-0.15, -0.1) is 0 Å². The molecule has 2 amide bonds. The third-order valence-corrected chi connectivity index (χ3v) is 3.62. The standard InChI is InChI=1S/C14H17FN2O3/c1-16(12-4-2-11(15)3-5-12)14(20)17-8-6-10(7-9-17)13(18)19/h2-5,10H,6-9H2,1H3,(H,18,19). The lowest BCUT2D eigenvalue weighted by Crippen LogP contribution is -2.46. The Labute approximate surface area is 116 Å². The number of carboxylic acid groups (broad SMARTS) is 1. The van der Waals surface area contributed by atoms with Crippen molar-refractivity contribution in [3.05, 3.63) is 30.1 Å². The molecule has 6 heteroatoms. The van der Waals surface area contributed by atoms with Crippen molar-refractivity contribution in [3.63, 3.8) is 0 Å². The van der Waals surface area contributed by atoms with Crippen molar-refractivity contribution in [2.24, 2.45) is 5.92 Å². The van der Waals surface area contributed by atoms with Crippen LogP contribution in [0.15, 0.2) is 24.3 Å². The lowest BCUT2D eigenvalue weighted by molar-refractivity contribution is -0.143. The first-order valence-electron chi connectivity index (χ1n) is 6.50. The third kappa shape index (κ3) is 3.07. The van der Waals surface area contributed by atoms with Gasteiger partial charge in [0.1, 0.15) is 5.82 Å². The molecule has 0 aliphatic carbocycles. The number of anilines is 1. The first-order chi connectivity index (χ1) is 9.49. The average molecular weight is 280 g/mol. The molecule has 1 N–H and O–H groups in total. The summed E-state index contributed by atoms with van der Waals surface area (Å²) in [5.41, 5.74) is 0.608. The molecular weight excluding hydrogens is 263 g/mol. The topological polar surface area (TPSA) is 60.9 Å². The molecule has 1 heterocycles. The highest BCUT2D eigenvalue weighted by Crippen LogP contribution is 2.20. The first-order valence-corrected chi connectivity index (χ1v) is 6.50. The number of hydrogen-bond donors (Lipinski definition) is 1. The number of likely N-dealkylation sites (tertiary alicyclic amines) is 1. The number of amides is 2. The average Bonchev–Trinajstić information content (AvgIpc) is 2.46. The van der Waals surface area contributed by atoms with Crippen molar-refractivity contribution in [1.82, 2.24) is 4.90 Å². The van der Waals surface area contributed by atoms with E-state index in [-0.39, 0.29) is 17.8 Å². The van der Waals surface area contributed by atoms with Crippen LogP contribution in [-0.2, 0) is 4.79 Å². The number of hydrogen-bond acceptors (Lipinski definition) is 2. The van der Waals surface area contributed by atoms with Crippen LogP contribution in [0, 0.1) is 11.7 Å². The minimum Gasteiger partial charge on any atom is -0.481 e. The number of halogens is 1. The third-order valence-electron chi connectivity index (χ3n) is 3.62. The van der Waals surface area contributed by atoms with Crippen molar-refractivity contribution in [3.8, 4) is 0 Å². The van der Waals surface area contributed by atoms with E-state index in [2.05, 4.69) is 0 Å². The highest BCUT2D eigenvalue weighted by Gasteiger charge is 2.28. The zero-order chi connectivity index (χ0) is 14.7. The number of rotatable bonds is 2. The predicted molar refractivity (Wildman–Crippen MR) is 72.1 cm³/mol. The van der Waals surface area contributed by atoms with Crippen LogP contribution >= 0.6 is 0 Å². The van der Waals surface area contributed by atoms with Crippen LogP contribution in [0.1, 0.15) is 12.8 Å². The van der Waals surface area contributed by atoms with E-state index in [1.54, 1.807) is 11.9 Å². The lowest BCUT2D eigenvalue weighted by Gasteiger charge is -2.33. The van der Waals surface area contributed by atoms with Gasteiger partial charge in [0.15, 0.2) is 0 Å². The fourth-order valence-electron chi connectivity index (χ4n) is 2.30. The van der Waals surface area contributed by atoms with Gasteiger partial charge < -0.3 is 10.0 Å². The van der Waals surface area contributed by atoms with E-state index < -0.39 is 5.97 Å². The van der Waals surface area contributed by atoms with E-state index in [0.29, 0.717) is 31.6 Å². The summed E-state index contributed by atoms with van der Waals surface area (Å²) in [6.07, 6.45) is 0.941. The number of carbonyl (C=O) groups is 2. The van der Waals surface area contributed by atoms with Crippen molar-refractivity contribution < 1.29 is 19.1 Å². The second-order valence-electron chi connectivity index (χ2n) is 4.92. The summed E-state index contributed by atoms with van der Waals surface area (Å²) in [6, 6.07) is 5.49. The molecule has 0 atom stereocenters. The SMILES string of the molecule is CN(C(=O)N1CCC(C(=O)O)CC1)c1ccc(F)cc1. The van der Waals surface area contributed by atoms with Gasteiger partial charge in [-0.25, -0.2) is 9.18 Å². The zero-order valence-electron chi connectivity index (χ0n) is 11.3. The second kappa shape index (κ2) is 5.90. The van der Waals surface area contributed by atoms with Crippen molar-refractivity contribution in [2.45, 2.75) is 12.8 Å². The van der Waals surface area contributed by atoms with Crippen LogP contribution in [0.3, 0.4) is 0 Å². The predicted octanol–water partition coefficient (Wildman–Crippen LogP) is 2.18. The van der Waals surface area contributed by atoms with Gasteiger partial charge in [-0.05, 0) is 37.1 Å². The lowest BCUT2D eigenvalue weighted by atomic mass is 9.97. The summed E-state index contributed by atoms with van der Waals surface area (Å²) in [7, 11) is 1.62. The number of urea groups is 1. The molecule has 0 aromatic heterocycles. The fraction of sp³-hybridized carbons (Fsp3) is 0.429. The molecule has 1 fully saturated rings. The van der Waals surface area contributed by atoms with Gasteiger partial charge >= 0.3 is 12.0 Å². The minimum absolute atomic E-state index is 0.194. The van der Waals surface area contributed by atoms with Gasteiger partial charge in [-0.3, -0.25) is 9.69 Å². The molecular formula is C14H17FN2O3. The maximum atomic E-state index is 12.9. The normalized spacial score (nSPS) is 16.0. The van der Waals surface area contributed by atoms with Crippen LogP contribution in [0.4, 0.5) is 14.9 Å². The molecule has 1 aliphatic heterocycles. The van der Waals surface area contributed by atoms with Gasteiger partial charge in [0.2, 0.25) is 0 Å². The Kier molecular flexibility index (Phi) is 4.22. The molecule has 1 aliphatic rings. The molecule has 108 valence electrons. The number of aliphatic carboxylic acids is 1. The summed E-state index contributed by atoms with van der Waals surface area (Å²) >= 11 is 0. The summed E-state index contributed by atoms with van der Waals surface area (Å²) in [4.78, 5) is 26.2. The number of carboxylic acids is 1. The largest absolute Gasteiger partial charge is 0.481 e. The van der Waals surface area contributed by atoms with Crippen LogP contribution in [0.5, 0.6) is 0 Å². The Balaban J connectivity index is 1.98. The molecule has 2 rings (SSSR count). The van der Waals surface area contributed by atoms with Gasteiger partial charge in [0, 0.05) is 25.8 Å². The van der Waals surface area contributed by atoms with Crippen LogP contribution in [0.25, 0.3) is 0 Å². The Bertz CT molecular complexity index is 496. The summed E-state index contributed by atoms with van der Waals surface area (Å²) in [5.74, 6) is -1.52. The van der Waals surface area contributed by atoms with Crippen molar-refractivity contribution in [1.29, 1.82) is 0 Å². The van der Waals surface area contributed by atoms with Gasteiger partial charge in [-0.1, -0.05) is 0 Å². The molecule has 1 saturated heterocycles. The zero-order valence-corrected chi connectivity index (χ0v) is 11.3. The summed E-state index contributed by atoms with van der Waals surface area (Å²) in [5, 5.41) is 8.93. The van der Waals surface area contributed by atoms with E-state index >= 15 is 0 Å². The molecule has 0 bridgehead atoms. The highest BCUT2D eigenvalue weighted by molar-refractivity contribution is 5.91. The minimum atomic E-state index is -0.802. The van der Waals surface area contributed by atoms with E-state index in [1.807, 2.05) is 0 Å². The van der Waals surface area contributed by atoms with E-state index in [0.717, 1.165) is 0 Å². The summed E-state index contributed by atoms with van der Waals surface area (Å²) < 4.78 is 12.9. The molecule has 5 nitrogen and oxygen atoms in total. The molecule has 1 aromatic rings. The van der Waals surface area contributed by atoms with E-state index in [1.165, 1.54) is 29.2 Å². The van der Waals surface area contributed by atoms with E-state index in [4.69, 9.17) is 5.11 Å². The first kappa shape index (κ1) is 14.3. The molecule has 1 aromatic carbocycles. The molecule has 0 saturated carbocycles. The fourth-order valence-corrected chi connectivity index (χ4v) is 2.30. The van der Waals surface area contributed by atoms with Crippen LogP contribution < -0.4 is 4.90 Å². The molecule has 0 unspecified atom stereocenters. The maximum absolute atomic E-state index is 12.9. The monoisotopic (exact) mass is 280 g/mol. The summed E-state index contributed by atoms with van der Waals surface area (Å²) in [6.45, 7) is 0.864. The maximum Gasteiger partial charge on any atom is 0.324 e. The van der Waals surface area contributed by atoms with E-state index in [9.17, 15) is 14.0 Å². The molecule has 20 heavy (non-hydrogen) atoms. The number of carbonyl (C=O) groups excluding carboxylic acids is 1. The smallest absolute Gasteiger partial charge is 0.324 e. The van der Waals surface area contributed by atoms with Crippen LogP contribution in [0.2, 0.25) is 0 Å². The Morgan fingerprint density at radius 1 is 1.25 bits per heavy atom. The molecule has 0 radical (unpaired) electrons. The van der Waals surface area contributed by atoms with Gasteiger partial charge in [0.05, 0.1) is 5.92 Å². The Hall–Kier alpha value is -2.11.